The Kier molecular flexibility index (Phi) is 3.06. The van der Waals surface area contributed by atoms with Crippen LogP contribution in [0.15, 0.2) is 4.42 Å². The lowest BCUT2D eigenvalue weighted by Crippen LogP contribution is -2.31. The Morgan fingerprint density at radius 2 is 2.00 bits per heavy atom. The largest absolute Gasteiger partial charge is 0.413 e. The summed E-state index contributed by atoms with van der Waals surface area (Å²) in [6.45, 7) is 0. The minimum atomic E-state index is -0.311. The lowest BCUT2D eigenvalue weighted by atomic mass is 9.84. The number of ether oxygens (including phenoxy) is 1. The Morgan fingerprint density at radius 3 is 2.50 bits per heavy atom. The van der Waals surface area contributed by atoms with E-state index in [1.165, 1.54) is 19.3 Å². The van der Waals surface area contributed by atoms with Gasteiger partial charge < -0.3 is 9.15 Å². The maximum absolute atomic E-state index is 5.58. The summed E-state index contributed by atoms with van der Waals surface area (Å²) in [7, 11) is 1.72. The number of rotatable bonds is 2. The van der Waals surface area contributed by atoms with E-state index in [-0.39, 0.29) is 5.60 Å². The van der Waals surface area contributed by atoms with Gasteiger partial charge in [0, 0.05) is 29.7 Å². The quantitative estimate of drug-likeness (QED) is 0.788. The summed E-state index contributed by atoms with van der Waals surface area (Å²) in [5.74, 6) is 0.643. The highest BCUT2D eigenvalue weighted by Crippen LogP contribution is 2.39. The molecule has 1 saturated carbocycles. The van der Waals surface area contributed by atoms with Crippen molar-refractivity contribution in [1.29, 1.82) is 0 Å². The molecule has 0 atom stereocenters. The first-order valence-electron chi connectivity index (χ1n) is 4.81. The molecule has 1 fully saturated rings. The minimum Gasteiger partial charge on any atom is -0.413 e. The normalized spacial score (nSPS) is 21.0. The van der Waals surface area contributed by atoms with Gasteiger partial charge in [0.05, 0.1) is 0 Å². The average molecular weight is 308 g/mol. The minimum absolute atomic E-state index is 0.311. The van der Waals surface area contributed by atoms with E-state index in [1.54, 1.807) is 7.11 Å². The van der Waals surface area contributed by atoms with Crippen molar-refractivity contribution < 1.29 is 9.15 Å². The molecule has 0 N–H and O–H groups in total. The topological polar surface area (TPSA) is 48.2 Å². The van der Waals surface area contributed by atoms with Crippen LogP contribution in [0.4, 0.5) is 0 Å². The van der Waals surface area contributed by atoms with Crippen LogP contribution in [0.1, 0.15) is 38.0 Å². The number of hydrogen-bond acceptors (Lipinski definition) is 4. The van der Waals surface area contributed by atoms with Crippen molar-refractivity contribution in [3.8, 4) is 0 Å². The first-order chi connectivity index (χ1) is 6.77. The van der Waals surface area contributed by atoms with E-state index < -0.39 is 0 Å². The molecule has 1 heterocycles. The van der Waals surface area contributed by atoms with Gasteiger partial charge in [0.15, 0.2) is 0 Å². The van der Waals surface area contributed by atoms with Gasteiger partial charge in [0.1, 0.15) is 5.60 Å². The van der Waals surface area contributed by atoms with Crippen molar-refractivity contribution in [2.75, 3.05) is 7.11 Å². The highest BCUT2D eigenvalue weighted by Gasteiger charge is 2.38. The standard InChI is InChI=1S/C9H13IN2O2/c1-13-9(5-3-2-4-6-9)7-11-12-8(10)14-7/h2-6H2,1H3. The molecule has 0 unspecified atom stereocenters. The zero-order valence-corrected chi connectivity index (χ0v) is 10.3. The summed E-state index contributed by atoms with van der Waals surface area (Å²) in [4.78, 5) is 0. The number of halogens is 1. The third-order valence-corrected chi connectivity index (χ3v) is 3.28. The Hall–Kier alpha value is -0.170. The van der Waals surface area contributed by atoms with Crippen LogP contribution in [0.25, 0.3) is 0 Å². The number of aromatic nitrogens is 2. The maximum Gasteiger partial charge on any atom is 0.278 e. The molecule has 14 heavy (non-hydrogen) atoms. The van der Waals surface area contributed by atoms with E-state index in [0.29, 0.717) is 9.79 Å². The molecule has 4 nitrogen and oxygen atoms in total. The third-order valence-electron chi connectivity index (χ3n) is 2.84. The number of methoxy groups -OCH3 is 1. The van der Waals surface area contributed by atoms with Crippen molar-refractivity contribution in [2.24, 2.45) is 0 Å². The van der Waals surface area contributed by atoms with Crippen LogP contribution < -0.4 is 0 Å². The Balaban J connectivity index is 2.26. The highest BCUT2D eigenvalue weighted by molar-refractivity contribution is 14.1. The fourth-order valence-corrected chi connectivity index (χ4v) is 2.33. The zero-order chi connectivity index (χ0) is 10.0. The third kappa shape index (κ3) is 1.79. The molecule has 0 aliphatic heterocycles. The Bertz CT molecular complexity index is 308. The van der Waals surface area contributed by atoms with Crippen LogP contribution in [-0.2, 0) is 10.3 Å². The van der Waals surface area contributed by atoms with E-state index in [2.05, 4.69) is 10.2 Å². The first-order valence-corrected chi connectivity index (χ1v) is 5.89. The fourth-order valence-electron chi connectivity index (χ4n) is 2.02. The van der Waals surface area contributed by atoms with E-state index >= 15 is 0 Å². The molecule has 0 saturated heterocycles. The number of nitrogens with zero attached hydrogens (tertiary/aromatic N) is 2. The molecule has 0 amide bonds. The van der Waals surface area contributed by atoms with Crippen LogP contribution in [0.2, 0.25) is 0 Å². The molecule has 0 aromatic carbocycles. The van der Waals surface area contributed by atoms with Crippen LogP contribution in [0.3, 0.4) is 0 Å². The van der Waals surface area contributed by atoms with Crippen molar-refractivity contribution in [3.05, 3.63) is 9.79 Å². The van der Waals surface area contributed by atoms with Crippen molar-refractivity contribution in [3.63, 3.8) is 0 Å². The lowest BCUT2D eigenvalue weighted by molar-refractivity contribution is -0.0648. The van der Waals surface area contributed by atoms with Gasteiger partial charge in [-0.3, -0.25) is 0 Å². The lowest BCUT2D eigenvalue weighted by Gasteiger charge is -2.32. The van der Waals surface area contributed by atoms with Crippen LogP contribution in [0, 0.1) is 3.90 Å². The highest BCUT2D eigenvalue weighted by atomic mass is 127. The Labute approximate surface area is 96.6 Å². The molecular weight excluding hydrogens is 295 g/mol. The second-order valence-corrected chi connectivity index (χ2v) is 4.54. The molecule has 0 radical (unpaired) electrons. The zero-order valence-electron chi connectivity index (χ0n) is 8.12. The van der Waals surface area contributed by atoms with Crippen molar-refractivity contribution in [1.82, 2.24) is 10.2 Å². The second-order valence-electron chi connectivity index (χ2n) is 3.62. The molecule has 5 heteroatoms. The molecule has 1 aliphatic rings. The van der Waals surface area contributed by atoms with Crippen molar-refractivity contribution in [2.45, 2.75) is 37.7 Å². The summed E-state index contributed by atoms with van der Waals surface area (Å²) in [6, 6.07) is 0. The summed E-state index contributed by atoms with van der Waals surface area (Å²) < 4.78 is 11.6. The van der Waals surface area contributed by atoms with Crippen LogP contribution in [0.5, 0.6) is 0 Å². The second kappa shape index (κ2) is 4.14. The van der Waals surface area contributed by atoms with Gasteiger partial charge in [-0.2, -0.15) is 0 Å². The number of hydrogen-bond donors (Lipinski definition) is 0. The molecule has 0 spiro atoms. The van der Waals surface area contributed by atoms with E-state index in [0.717, 1.165) is 12.8 Å². The van der Waals surface area contributed by atoms with E-state index in [9.17, 15) is 0 Å². The summed E-state index contributed by atoms with van der Waals surface area (Å²) in [5, 5.41) is 7.91. The fraction of sp³-hybridized carbons (Fsp3) is 0.778. The van der Waals surface area contributed by atoms with Gasteiger partial charge in [0.2, 0.25) is 5.89 Å². The van der Waals surface area contributed by atoms with Crippen LogP contribution in [-0.4, -0.2) is 17.3 Å². The summed E-state index contributed by atoms with van der Waals surface area (Å²) >= 11 is 2.02. The van der Waals surface area contributed by atoms with Gasteiger partial charge >= 0.3 is 0 Å². The SMILES string of the molecule is COC1(c2nnc(I)o2)CCCCC1. The van der Waals surface area contributed by atoms with Crippen molar-refractivity contribution >= 4 is 22.6 Å². The Morgan fingerprint density at radius 1 is 1.29 bits per heavy atom. The molecule has 78 valence electrons. The molecule has 0 bridgehead atoms. The van der Waals surface area contributed by atoms with Gasteiger partial charge in [0.25, 0.3) is 3.90 Å². The smallest absolute Gasteiger partial charge is 0.278 e. The molecule has 2 rings (SSSR count). The maximum atomic E-state index is 5.58. The van der Waals surface area contributed by atoms with E-state index in [4.69, 9.17) is 9.15 Å². The molecule has 1 aromatic rings. The summed E-state index contributed by atoms with van der Waals surface area (Å²) in [5.41, 5.74) is -0.311. The molecular formula is C9H13IN2O2. The van der Waals surface area contributed by atoms with Gasteiger partial charge in [-0.05, 0) is 12.8 Å². The summed E-state index contributed by atoms with van der Waals surface area (Å²) in [6.07, 6.45) is 5.60. The van der Waals surface area contributed by atoms with Gasteiger partial charge in [-0.1, -0.05) is 19.3 Å². The van der Waals surface area contributed by atoms with Crippen LogP contribution >= 0.6 is 22.6 Å². The van der Waals surface area contributed by atoms with Gasteiger partial charge in [-0.15, -0.1) is 10.2 Å². The monoisotopic (exact) mass is 308 g/mol. The van der Waals surface area contributed by atoms with E-state index in [1.807, 2.05) is 22.6 Å². The molecule has 1 aliphatic carbocycles. The first kappa shape index (κ1) is 10.4. The van der Waals surface area contributed by atoms with Gasteiger partial charge in [-0.25, -0.2) is 0 Å². The predicted molar refractivity (Wildman–Crippen MR) is 58.8 cm³/mol. The average Bonchev–Trinajstić information content (AvgIpc) is 2.66. The molecule has 1 aromatic heterocycles. The predicted octanol–water partition coefficient (Wildman–Crippen LogP) is 2.48.